The van der Waals surface area contributed by atoms with Gasteiger partial charge in [0.2, 0.25) is 0 Å². The van der Waals surface area contributed by atoms with Crippen LogP contribution in [0.5, 0.6) is 0 Å². The van der Waals surface area contributed by atoms with Crippen LogP contribution >= 0.6 is 11.3 Å². The summed E-state index contributed by atoms with van der Waals surface area (Å²) >= 11 is 1.45. The van der Waals surface area contributed by atoms with Crippen molar-refractivity contribution in [2.24, 2.45) is 5.73 Å². The molecule has 1 amide bonds. The third-order valence-electron chi connectivity index (χ3n) is 3.36. The van der Waals surface area contributed by atoms with Crippen molar-refractivity contribution in [2.75, 3.05) is 6.54 Å². The molecule has 22 heavy (non-hydrogen) atoms. The molecule has 0 radical (unpaired) electrons. The van der Waals surface area contributed by atoms with E-state index in [0.29, 0.717) is 18.7 Å². The van der Waals surface area contributed by atoms with Crippen molar-refractivity contribution in [2.45, 2.75) is 19.4 Å². The van der Waals surface area contributed by atoms with Gasteiger partial charge in [0.1, 0.15) is 17.0 Å². The smallest absolute Gasteiger partial charge is 0.271 e. The van der Waals surface area contributed by atoms with Gasteiger partial charge in [-0.2, -0.15) is 0 Å². The molecule has 0 aliphatic heterocycles. The van der Waals surface area contributed by atoms with Crippen LogP contribution in [0.25, 0.3) is 11.0 Å². The van der Waals surface area contributed by atoms with E-state index in [0.717, 1.165) is 21.7 Å². The lowest BCUT2D eigenvalue weighted by Gasteiger charge is -2.09. The van der Waals surface area contributed by atoms with E-state index in [1.54, 1.807) is 5.38 Å². The zero-order valence-corrected chi connectivity index (χ0v) is 13.0. The molecular formula is C16H17N3O2S. The van der Waals surface area contributed by atoms with E-state index in [4.69, 9.17) is 10.2 Å². The van der Waals surface area contributed by atoms with E-state index in [9.17, 15) is 4.79 Å². The standard InChI is InChI=1S/C16H17N3O2S/c1-10(14-8-11-4-2-3-5-13(11)21-14)18-16(20)12-9-22-15(19-12)6-7-17/h2-5,8-10H,6-7,17H2,1H3,(H,18,20). The van der Waals surface area contributed by atoms with Gasteiger partial charge in [0.05, 0.1) is 11.0 Å². The van der Waals surface area contributed by atoms with Crippen LogP contribution in [0.2, 0.25) is 0 Å². The van der Waals surface area contributed by atoms with Gasteiger partial charge in [-0.15, -0.1) is 11.3 Å². The fourth-order valence-corrected chi connectivity index (χ4v) is 3.01. The number of hydrogen-bond donors (Lipinski definition) is 2. The molecule has 1 unspecified atom stereocenters. The molecule has 0 bridgehead atoms. The van der Waals surface area contributed by atoms with Gasteiger partial charge in [0.15, 0.2) is 0 Å². The van der Waals surface area contributed by atoms with Gasteiger partial charge in [-0.1, -0.05) is 18.2 Å². The number of nitrogens with one attached hydrogen (secondary N) is 1. The lowest BCUT2D eigenvalue weighted by Crippen LogP contribution is -2.26. The number of rotatable bonds is 5. The van der Waals surface area contributed by atoms with E-state index in [-0.39, 0.29) is 11.9 Å². The summed E-state index contributed by atoms with van der Waals surface area (Å²) in [7, 11) is 0. The van der Waals surface area contributed by atoms with Crippen molar-refractivity contribution in [1.29, 1.82) is 0 Å². The Morgan fingerprint density at radius 2 is 2.27 bits per heavy atom. The second-order valence-electron chi connectivity index (χ2n) is 5.05. The molecule has 3 N–H and O–H groups in total. The number of hydrogen-bond acceptors (Lipinski definition) is 5. The van der Waals surface area contributed by atoms with Crippen molar-refractivity contribution in [3.63, 3.8) is 0 Å². The summed E-state index contributed by atoms with van der Waals surface area (Å²) in [6.45, 7) is 2.42. The van der Waals surface area contributed by atoms with Crippen LogP contribution in [0.15, 0.2) is 40.1 Å². The Bertz CT molecular complexity index is 760. The van der Waals surface area contributed by atoms with Crippen LogP contribution in [0.4, 0.5) is 0 Å². The first-order valence-corrected chi connectivity index (χ1v) is 7.99. The normalized spacial score (nSPS) is 12.5. The minimum absolute atomic E-state index is 0.201. The fraction of sp³-hybridized carbons (Fsp3) is 0.250. The van der Waals surface area contributed by atoms with Crippen LogP contribution in [0.1, 0.15) is 34.2 Å². The molecule has 0 aliphatic carbocycles. The minimum atomic E-state index is -0.223. The third-order valence-corrected chi connectivity index (χ3v) is 4.27. The third kappa shape index (κ3) is 3.03. The first-order valence-electron chi connectivity index (χ1n) is 7.11. The van der Waals surface area contributed by atoms with E-state index < -0.39 is 0 Å². The molecule has 3 rings (SSSR count). The van der Waals surface area contributed by atoms with Crippen LogP contribution in [0, 0.1) is 0 Å². The first-order chi connectivity index (χ1) is 10.7. The number of furan rings is 1. The Balaban J connectivity index is 1.72. The van der Waals surface area contributed by atoms with Crippen molar-refractivity contribution in [1.82, 2.24) is 10.3 Å². The maximum absolute atomic E-state index is 12.2. The van der Waals surface area contributed by atoms with Crippen molar-refractivity contribution < 1.29 is 9.21 Å². The molecule has 114 valence electrons. The zero-order valence-electron chi connectivity index (χ0n) is 12.2. The second-order valence-corrected chi connectivity index (χ2v) is 5.99. The average Bonchev–Trinajstić information content (AvgIpc) is 3.13. The van der Waals surface area contributed by atoms with E-state index in [2.05, 4.69) is 10.3 Å². The Labute approximate surface area is 132 Å². The van der Waals surface area contributed by atoms with Crippen LogP contribution in [0.3, 0.4) is 0 Å². The summed E-state index contributed by atoms with van der Waals surface area (Å²) in [5.74, 6) is 0.527. The number of carbonyl (C=O) groups is 1. The van der Waals surface area contributed by atoms with Crippen LogP contribution in [-0.4, -0.2) is 17.4 Å². The second kappa shape index (κ2) is 6.29. The number of thiazole rings is 1. The largest absolute Gasteiger partial charge is 0.459 e. The summed E-state index contributed by atoms with van der Waals surface area (Å²) in [6.07, 6.45) is 0.692. The number of para-hydroxylation sites is 1. The predicted molar refractivity (Wildman–Crippen MR) is 87.0 cm³/mol. The number of fused-ring (bicyclic) bond motifs is 1. The van der Waals surface area contributed by atoms with Gasteiger partial charge in [-0.05, 0) is 25.6 Å². The Kier molecular flexibility index (Phi) is 4.22. The summed E-state index contributed by atoms with van der Waals surface area (Å²) in [4.78, 5) is 16.5. The number of benzene rings is 1. The van der Waals surface area contributed by atoms with Crippen molar-refractivity contribution >= 4 is 28.2 Å². The number of nitrogens with two attached hydrogens (primary N) is 1. The topological polar surface area (TPSA) is 81.2 Å². The quantitative estimate of drug-likeness (QED) is 0.758. The molecule has 1 atom stereocenters. The lowest BCUT2D eigenvalue weighted by atomic mass is 10.2. The molecular weight excluding hydrogens is 298 g/mol. The van der Waals surface area contributed by atoms with E-state index in [1.165, 1.54) is 11.3 Å². The SMILES string of the molecule is CC(NC(=O)c1csc(CCN)n1)c1cc2ccccc2o1. The molecule has 5 nitrogen and oxygen atoms in total. The maximum Gasteiger partial charge on any atom is 0.271 e. The Morgan fingerprint density at radius 1 is 1.45 bits per heavy atom. The Hall–Kier alpha value is -2.18. The fourth-order valence-electron chi connectivity index (χ4n) is 2.21. The van der Waals surface area contributed by atoms with Gasteiger partial charge < -0.3 is 15.5 Å². The molecule has 0 saturated carbocycles. The van der Waals surface area contributed by atoms with Gasteiger partial charge in [-0.3, -0.25) is 4.79 Å². The highest BCUT2D eigenvalue weighted by atomic mass is 32.1. The van der Waals surface area contributed by atoms with Gasteiger partial charge in [0, 0.05) is 17.2 Å². The molecule has 3 aromatic rings. The average molecular weight is 315 g/mol. The maximum atomic E-state index is 12.2. The van der Waals surface area contributed by atoms with Gasteiger partial charge in [-0.25, -0.2) is 4.98 Å². The first kappa shape index (κ1) is 14.7. The molecule has 2 aromatic heterocycles. The molecule has 0 fully saturated rings. The molecule has 0 aliphatic rings. The summed E-state index contributed by atoms with van der Waals surface area (Å²) < 4.78 is 5.76. The predicted octanol–water partition coefficient (Wildman–Crippen LogP) is 2.88. The molecule has 6 heteroatoms. The zero-order chi connectivity index (χ0) is 15.5. The highest BCUT2D eigenvalue weighted by Crippen LogP contribution is 2.23. The van der Waals surface area contributed by atoms with E-state index in [1.807, 2.05) is 37.3 Å². The van der Waals surface area contributed by atoms with Crippen molar-refractivity contribution in [3.8, 4) is 0 Å². The molecule has 0 saturated heterocycles. The van der Waals surface area contributed by atoms with Crippen molar-refractivity contribution in [3.05, 3.63) is 52.2 Å². The van der Waals surface area contributed by atoms with Crippen LogP contribution < -0.4 is 11.1 Å². The van der Waals surface area contributed by atoms with Crippen LogP contribution in [-0.2, 0) is 6.42 Å². The lowest BCUT2D eigenvalue weighted by molar-refractivity contribution is 0.0931. The number of aromatic nitrogens is 1. The molecule has 1 aromatic carbocycles. The van der Waals surface area contributed by atoms with E-state index >= 15 is 0 Å². The summed E-state index contributed by atoms with van der Waals surface area (Å²) in [6, 6.07) is 9.50. The van der Waals surface area contributed by atoms with Gasteiger partial charge >= 0.3 is 0 Å². The Morgan fingerprint density at radius 3 is 3.05 bits per heavy atom. The highest BCUT2D eigenvalue weighted by molar-refractivity contribution is 7.09. The summed E-state index contributed by atoms with van der Waals surface area (Å²) in [5, 5.41) is 6.57. The van der Waals surface area contributed by atoms with Gasteiger partial charge in [0.25, 0.3) is 5.91 Å². The minimum Gasteiger partial charge on any atom is -0.459 e. The molecule has 0 spiro atoms. The number of amides is 1. The monoisotopic (exact) mass is 315 g/mol. The highest BCUT2D eigenvalue weighted by Gasteiger charge is 2.17. The summed E-state index contributed by atoms with van der Waals surface area (Å²) in [5.41, 5.74) is 6.74. The number of nitrogens with zero attached hydrogens (tertiary/aromatic N) is 1. The molecule has 2 heterocycles. The number of carbonyl (C=O) groups excluding carboxylic acids is 1.